The van der Waals surface area contributed by atoms with Crippen LogP contribution in [0.25, 0.3) is 0 Å². The van der Waals surface area contributed by atoms with Crippen LogP contribution in [0.3, 0.4) is 0 Å². The number of hydrogen-bond acceptors (Lipinski definition) is 4. The lowest BCUT2D eigenvalue weighted by Gasteiger charge is -2.09. The minimum absolute atomic E-state index is 0.0453. The van der Waals surface area contributed by atoms with E-state index in [1.165, 1.54) is 12.1 Å². The van der Waals surface area contributed by atoms with Crippen LogP contribution in [0, 0.1) is 36.0 Å². The summed E-state index contributed by atoms with van der Waals surface area (Å²) in [5.74, 6) is -12.8. The van der Waals surface area contributed by atoms with Gasteiger partial charge in [0.15, 0.2) is 11.5 Å². The van der Waals surface area contributed by atoms with Gasteiger partial charge in [0, 0.05) is 19.3 Å². The summed E-state index contributed by atoms with van der Waals surface area (Å²) in [5, 5.41) is 6.84. The van der Waals surface area contributed by atoms with Crippen molar-refractivity contribution in [3.63, 3.8) is 0 Å². The van der Waals surface area contributed by atoms with E-state index in [1.54, 1.807) is 4.68 Å². The number of amides is 1. The lowest BCUT2D eigenvalue weighted by Crippen LogP contribution is -2.24. The molecule has 0 spiro atoms. The van der Waals surface area contributed by atoms with Crippen LogP contribution in [0.1, 0.15) is 28.4 Å². The van der Waals surface area contributed by atoms with Crippen LogP contribution in [0.15, 0.2) is 28.8 Å². The Morgan fingerprint density at radius 2 is 1.73 bits per heavy atom. The first-order valence-corrected chi connectivity index (χ1v) is 8.79. The summed E-state index contributed by atoms with van der Waals surface area (Å²) < 4.78 is 78.2. The molecule has 0 aliphatic carbocycles. The van der Waals surface area contributed by atoms with Gasteiger partial charge in [0.2, 0.25) is 29.1 Å². The maximum Gasteiger partial charge on any atom is 0.286 e. The molecule has 0 saturated carbocycles. The number of rotatable bonds is 8. The van der Waals surface area contributed by atoms with Crippen molar-refractivity contribution in [2.24, 2.45) is 0 Å². The van der Waals surface area contributed by atoms with Gasteiger partial charge in [0.1, 0.15) is 12.4 Å². The van der Waals surface area contributed by atoms with Gasteiger partial charge in [-0.3, -0.25) is 9.48 Å². The van der Waals surface area contributed by atoms with Crippen molar-refractivity contribution in [1.82, 2.24) is 15.1 Å². The molecule has 2 aromatic heterocycles. The molecule has 0 atom stereocenters. The van der Waals surface area contributed by atoms with Crippen LogP contribution in [-0.4, -0.2) is 22.2 Å². The fraction of sp³-hybridized carbons (Fsp3) is 0.263. The van der Waals surface area contributed by atoms with E-state index >= 15 is 0 Å². The van der Waals surface area contributed by atoms with Crippen LogP contribution in [-0.2, 0) is 13.2 Å². The number of aryl methyl sites for hydroxylation is 2. The summed E-state index contributed by atoms with van der Waals surface area (Å²) in [6.07, 6.45) is 2.43. The standard InChI is InChI=1S/C19H16F5N3O3/c1-10-5-8-27(26-10)7-2-6-25-19(28)12-4-3-11(30-12)9-29-18-16(23)14(21)13(20)15(22)17(18)24/h3-5,8H,2,6-7,9H2,1H3,(H,25,28). The summed E-state index contributed by atoms with van der Waals surface area (Å²) >= 11 is 0. The van der Waals surface area contributed by atoms with Crippen molar-refractivity contribution < 1.29 is 35.9 Å². The molecule has 0 saturated heterocycles. The highest BCUT2D eigenvalue weighted by Crippen LogP contribution is 2.29. The van der Waals surface area contributed by atoms with E-state index in [0.717, 1.165) is 5.69 Å². The van der Waals surface area contributed by atoms with Gasteiger partial charge in [-0.1, -0.05) is 0 Å². The zero-order valence-corrected chi connectivity index (χ0v) is 15.6. The van der Waals surface area contributed by atoms with E-state index < -0.39 is 47.3 Å². The van der Waals surface area contributed by atoms with E-state index in [4.69, 9.17) is 4.42 Å². The zero-order valence-electron chi connectivity index (χ0n) is 15.6. The Kier molecular flexibility index (Phi) is 6.38. The molecular formula is C19H16F5N3O3. The number of aromatic nitrogens is 2. The Bertz CT molecular complexity index is 1030. The Morgan fingerprint density at radius 1 is 1.07 bits per heavy atom. The normalized spacial score (nSPS) is 11.0. The second-order valence-corrected chi connectivity index (χ2v) is 6.28. The zero-order chi connectivity index (χ0) is 21.8. The van der Waals surface area contributed by atoms with Gasteiger partial charge in [0.05, 0.1) is 5.69 Å². The molecule has 3 aromatic rings. The van der Waals surface area contributed by atoms with Crippen molar-refractivity contribution in [2.45, 2.75) is 26.5 Å². The molecule has 0 radical (unpaired) electrons. The number of carbonyl (C=O) groups is 1. The largest absolute Gasteiger partial charge is 0.479 e. The van der Waals surface area contributed by atoms with Gasteiger partial charge >= 0.3 is 0 Å². The van der Waals surface area contributed by atoms with Crippen LogP contribution in [0.5, 0.6) is 5.75 Å². The number of nitrogens with one attached hydrogen (secondary N) is 1. The molecule has 1 aromatic carbocycles. The highest BCUT2D eigenvalue weighted by molar-refractivity contribution is 5.91. The van der Waals surface area contributed by atoms with E-state index in [1.807, 2.05) is 19.2 Å². The van der Waals surface area contributed by atoms with E-state index in [0.29, 0.717) is 19.5 Å². The fourth-order valence-electron chi connectivity index (χ4n) is 2.55. The predicted octanol–water partition coefficient (Wildman–Crippen LogP) is 3.88. The van der Waals surface area contributed by atoms with Gasteiger partial charge < -0.3 is 14.5 Å². The van der Waals surface area contributed by atoms with Crippen LogP contribution in [0.4, 0.5) is 22.0 Å². The first-order chi connectivity index (χ1) is 14.3. The number of ether oxygens (including phenoxy) is 1. The summed E-state index contributed by atoms with van der Waals surface area (Å²) in [5.41, 5.74) is 0.884. The smallest absolute Gasteiger partial charge is 0.286 e. The third kappa shape index (κ3) is 4.61. The van der Waals surface area contributed by atoms with Gasteiger partial charge in [-0.2, -0.15) is 13.9 Å². The van der Waals surface area contributed by atoms with Crippen molar-refractivity contribution in [1.29, 1.82) is 0 Å². The SMILES string of the molecule is Cc1ccn(CCCNC(=O)c2ccc(COc3c(F)c(F)c(F)c(F)c3F)o2)n1. The third-order valence-corrected chi connectivity index (χ3v) is 4.04. The maximum absolute atomic E-state index is 13.6. The molecule has 0 fully saturated rings. The van der Waals surface area contributed by atoms with Gasteiger partial charge in [-0.15, -0.1) is 0 Å². The van der Waals surface area contributed by atoms with Crippen molar-refractivity contribution in [2.75, 3.05) is 6.54 Å². The molecule has 0 aliphatic heterocycles. The average Bonchev–Trinajstić information content (AvgIpc) is 3.37. The molecule has 3 rings (SSSR count). The highest BCUT2D eigenvalue weighted by atomic mass is 19.2. The molecule has 2 heterocycles. The molecule has 0 bridgehead atoms. The van der Waals surface area contributed by atoms with E-state index in [2.05, 4.69) is 15.2 Å². The van der Waals surface area contributed by atoms with Crippen molar-refractivity contribution >= 4 is 5.91 Å². The Morgan fingerprint density at radius 3 is 2.37 bits per heavy atom. The molecular weight excluding hydrogens is 413 g/mol. The Hall–Kier alpha value is -3.37. The Labute approximate surface area is 167 Å². The minimum atomic E-state index is -2.28. The number of hydrogen-bond donors (Lipinski definition) is 1. The predicted molar refractivity (Wildman–Crippen MR) is 93.2 cm³/mol. The second-order valence-electron chi connectivity index (χ2n) is 6.28. The van der Waals surface area contributed by atoms with Crippen LogP contribution in [0.2, 0.25) is 0 Å². The molecule has 30 heavy (non-hydrogen) atoms. The first kappa shape index (κ1) is 21.3. The maximum atomic E-state index is 13.6. The highest BCUT2D eigenvalue weighted by Gasteiger charge is 2.27. The lowest BCUT2D eigenvalue weighted by molar-refractivity contribution is 0.0920. The van der Waals surface area contributed by atoms with Gasteiger partial charge in [-0.05, 0) is 31.5 Å². The fourth-order valence-corrected chi connectivity index (χ4v) is 2.55. The van der Waals surface area contributed by atoms with E-state index in [9.17, 15) is 26.7 Å². The average molecular weight is 429 g/mol. The van der Waals surface area contributed by atoms with Crippen molar-refractivity contribution in [3.8, 4) is 5.75 Å². The molecule has 11 heteroatoms. The summed E-state index contributed by atoms with van der Waals surface area (Å²) in [4.78, 5) is 12.1. The molecule has 0 aliphatic rings. The summed E-state index contributed by atoms with van der Waals surface area (Å²) in [7, 11) is 0. The number of halogens is 5. The number of carbonyl (C=O) groups excluding carboxylic acids is 1. The minimum Gasteiger partial charge on any atom is -0.479 e. The third-order valence-electron chi connectivity index (χ3n) is 4.04. The van der Waals surface area contributed by atoms with Crippen LogP contribution >= 0.6 is 0 Å². The topological polar surface area (TPSA) is 69.3 Å². The molecule has 1 amide bonds. The molecule has 1 N–H and O–H groups in total. The van der Waals surface area contributed by atoms with Gasteiger partial charge in [-0.25, -0.2) is 13.2 Å². The first-order valence-electron chi connectivity index (χ1n) is 8.79. The molecule has 160 valence electrons. The quantitative estimate of drug-likeness (QED) is 0.255. The lowest BCUT2D eigenvalue weighted by atomic mass is 10.2. The Balaban J connectivity index is 1.53. The number of nitrogens with zero attached hydrogens (tertiary/aromatic N) is 2. The number of furan rings is 1. The monoisotopic (exact) mass is 429 g/mol. The van der Waals surface area contributed by atoms with Crippen LogP contribution < -0.4 is 10.1 Å². The number of benzene rings is 1. The summed E-state index contributed by atoms with van der Waals surface area (Å²) in [6.45, 7) is 2.16. The molecule has 6 nitrogen and oxygen atoms in total. The summed E-state index contributed by atoms with van der Waals surface area (Å²) in [6, 6.07) is 4.44. The van der Waals surface area contributed by atoms with Gasteiger partial charge in [0.25, 0.3) is 5.91 Å². The molecule has 0 unspecified atom stereocenters. The van der Waals surface area contributed by atoms with E-state index in [-0.39, 0.29) is 11.5 Å². The van der Waals surface area contributed by atoms with Crippen molar-refractivity contribution in [3.05, 3.63) is 70.7 Å². The second kappa shape index (κ2) is 8.97.